The highest BCUT2D eigenvalue weighted by Gasteiger charge is 2.60. The van der Waals surface area contributed by atoms with Gasteiger partial charge in [-0.1, -0.05) is 25.5 Å². The fourth-order valence-electron chi connectivity index (χ4n) is 6.41. The molecule has 1 N–H and O–H groups in total. The topological polar surface area (TPSA) is 68.2 Å². The third-order valence-corrected chi connectivity index (χ3v) is 8.46. The molecule has 0 aromatic carbocycles. The third kappa shape index (κ3) is 2.79. The van der Waals surface area contributed by atoms with Crippen LogP contribution in [0.15, 0.2) is 11.6 Å². The van der Waals surface area contributed by atoms with Crippen LogP contribution in [0.1, 0.15) is 46.0 Å². The number of likely N-dealkylation sites (tertiary alicyclic amines) is 1. The normalized spacial score (nSPS) is 45.5. The minimum absolute atomic E-state index is 0.106. The van der Waals surface area contributed by atoms with Gasteiger partial charge >= 0.3 is 5.97 Å². The van der Waals surface area contributed by atoms with Gasteiger partial charge in [-0.2, -0.15) is 0 Å². The maximum atomic E-state index is 12.8. The van der Waals surface area contributed by atoms with Gasteiger partial charge in [0.2, 0.25) is 0 Å². The number of aliphatic hydroxyl groups excluding tert-OH is 1. The quantitative estimate of drug-likeness (QED) is 0.574. The van der Waals surface area contributed by atoms with Crippen LogP contribution in [-0.2, 0) is 19.0 Å². The monoisotopic (exact) mass is 391 g/mol. The summed E-state index contributed by atoms with van der Waals surface area (Å²) in [5, 5.41) is 11.5. The Hall–Kier alpha value is -0.950. The smallest absolute Gasteiger partial charge is 0.311 e. The molecule has 0 unspecified atom stereocenters. The SMILES string of the molecule is C[C@H]1CCC=C2C[C@H]3OC(=O)[C@@H](CN4CCC5(CC4)OCCO5)[C@H]3[C@H](O)[C@@]21C. The molecule has 6 nitrogen and oxygen atoms in total. The van der Waals surface area contributed by atoms with E-state index in [0.29, 0.717) is 25.7 Å². The van der Waals surface area contributed by atoms with Crippen molar-refractivity contribution in [3.63, 3.8) is 0 Å². The van der Waals surface area contributed by atoms with Gasteiger partial charge in [-0.15, -0.1) is 0 Å². The zero-order chi connectivity index (χ0) is 19.5. The minimum Gasteiger partial charge on any atom is -0.461 e. The van der Waals surface area contributed by atoms with Crippen LogP contribution in [0.5, 0.6) is 0 Å². The van der Waals surface area contributed by atoms with Gasteiger partial charge in [0.1, 0.15) is 6.10 Å². The zero-order valence-corrected chi connectivity index (χ0v) is 17.1. The molecule has 5 aliphatic rings. The first kappa shape index (κ1) is 19.0. The summed E-state index contributed by atoms with van der Waals surface area (Å²) >= 11 is 0. The van der Waals surface area contributed by atoms with Gasteiger partial charge in [-0.3, -0.25) is 4.79 Å². The van der Waals surface area contributed by atoms with E-state index in [4.69, 9.17) is 14.2 Å². The van der Waals surface area contributed by atoms with Gasteiger partial charge < -0.3 is 24.2 Å². The average Bonchev–Trinajstić information content (AvgIpc) is 3.25. The molecule has 1 spiro atoms. The van der Waals surface area contributed by atoms with Crippen LogP contribution < -0.4 is 0 Å². The molecule has 1 saturated carbocycles. The predicted octanol–water partition coefficient (Wildman–Crippen LogP) is 2.11. The number of ether oxygens (including phenoxy) is 3. The number of allylic oxidation sites excluding steroid dienone is 1. The Balaban J connectivity index is 1.31. The van der Waals surface area contributed by atoms with Crippen LogP contribution in [0.2, 0.25) is 0 Å². The van der Waals surface area contributed by atoms with Crippen molar-refractivity contribution in [1.29, 1.82) is 0 Å². The Bertz CT molecular complexity index is 662. The highest BCUT2D eigenvalue weighted by molar-refractivity contribution is 5.76. The molecule has 3 aliphatic heterocycles. The maximum Gasteiger partial charge on any atom is 0.311 e. The van der Waals surface area contributed by atoms with Crippen molar-refractivity contribution >= 4 is 5.97 Å². The lowest BCUT2D eigenvalue weighted by Crippen LogP contribution is -2.55. The van der Waals surface area contributed by atoms with Crippen molar-refractivity contribution in [1.82, 2.24) is 4.90 Å². The number of carbonyl (C=O) groups is 1. The molecule has 4 fully saturated rings. The van der Waals surface area contributed by atoms with E-state index in [0.717, 1.165) is 45.2 Å². The fourth-order valence-corrected chi connectivity index (χ4v) is 6.41. The van der Waals surface area contributed by atoms with Crippen LogP contribution in [0, 0.1) is 23.2 Å². The molecule has 0 radical (unpaired) electrons. The van der Waals surface area contributed by atoms with E-state index in [1.54, 1.807) is 0 Å². The molecule has 156 valence electrons. The van der Waals surface area contributed by atoms with E-state index >= 15 is 0 Å². The summed E-state index contributed by atoms with van der Waals surface area (Å²) < 4.78 is 17.4. The highest BCUT2D eigenvalue weighted by Crippen LogP contribution is 2.56. The molecule has 0 aromatic rings. The first-order chi connectivity index (χ1) is 13.4. The molecule has 6 heteroatoms. The van der Waals surface area contributed by atoms with Crippen molar-refractivity contribution in [3.05, 3.63) is 11.6 Å². The van der Waals surface area contributed by atoms with Crippen LogP contribution >= 0.6 is 0 Å². The number of fused-ring (bicyclic) bond motifs is 2. The predicted molar refractivity (Wildman–Crippen MR) is 102 cm³/mol. The zero-order valence-electron chi connectivity index (χ0n) is 17.1. The van der Waals surface area contributed by atoms with E-state index in [9.17, 15) is 9.90 Å². The molecule has 0 bridgehead atoms. The van der Waals surface area contributed by atoms with E-state index in [1.807, 2.05) is 0 Å². The Kier molecular flexibility index (Phi) is 4.62. The number of piperidine rings is 1. The number of nitrogens with zero attached hydrogens (tertiary/aromatic N) is 1. The number of rotatable bonds is 2. The number of hydrogen-bond acceptors (Lipinski definition) is 6. The Morgan fingerprint density at radius 2 is 1.96 bits per heavy atom. The highest BCUT2D eigenvalue weighted by atomic mass is 16.7. The summed E-state index contributed by atoms with van der Waals surface area (Å²) in [7, 11) is 0. The van der Waals surface area contributed by atoms with Crippen LogP contribution in [-0.4, -0.2) is 66.8 Å². The van der Waals surface area contributed by atoms with Crippen LogP contribution in [0.3, 0.4) is 0 Å². The molecule has 6 atom stereocenters. The first-order valence-corrected chi connectivity index (χ1v) is 11.0. The summed E-state index contributed by atoms with van der Waals surface area (Å²) in [4.78, 5) is 15.1. The van der Waals surface area contributed by atoms with Crippen molar-refractivity contribution in [2.75, 3.05) is 32.8 Å². The Morgan fingerprint density at radius 3 is 2.68 bits per heavy atom. The summed E-state index contributed by atoms with van der Waals surface area (Å²) in [5.74, 6) is -0.453. The van der Waals surface area contributed by atoms with Crippen LogP contribution in [0.25, 0.3) is 0 Å². The van der Waals surface area contributed by atoms with Crippen molar-refractivity contribution in [3.8, 4) is 0 Å². The number of esters is 1. The van der Waals surface area contributed by atoms with Gasteiger partial charge in [0.25, 0.3) is 0 Å². The fraction of sp³-hybridized carbons (Fsp3) is 0.864. The summed E-state index contributed by atoms with van der Waals surface area (Å²) in [6, 6.07) is 0. The summed E-state index contributed by atoms with van der Waals surface area (Å²) in [5.41, 5.74) is 1.06. The second kappa shape index (κ2) is 6.79. The number of carbonyl (C=O) groups excluding carboxylic acids is 1. The molecule has 3 saturated heterocycles. The van der Waals surface area contributed by atoms with E-state index in [1.165, 1.54) is 5.57 Å². The molecule has 28 heavy (non-hydrogen) atoms. The van der Waals surface area contributed by atoms with E-state index in [2.05, 4.69) is 24.8 Å². The molecular weight excluding hydrogens is 358 g/mol. The maximum absolute atomic E-state index is 12.8. The first-order valence-electron chi connectivity index (χ1n) is 11.0. The standard InChI is InChI=1S/C22H33NO5/c1-14-4-3-5-15-12-17-18(19(24)21(14,15)2)16(20(25)28-17)13-23-8-6-22(7-9-23)26-10-11-27-22/h5,14,16-19,24H,3-4,6-13H2,1-2H3/t14-,16-,17+,18+,19-,21+/m0/s1. The lowest BCUT2D eigenvalue weighted by Gasteiger charge is -2.52. The van der Waals surface area contributed by atoms with Gasteiger partial charge in [0.05, 0.1) is 25.2 Å². The van der Waals surface area contributed by atoms with E-state index < -0.39 is 11.9 Å². The van der Waals surface area contributed by atoms with Gasteiger partial charge in [-0.05, 0) is 18.8 Å². The van der Waals surface area contributed by atoms with Gasteiger partial charge in [0, 0.05) is 50.2 Å². The molecule has 2 aliphatic carbocycles. The number of hydrogen-bond donors (Lipinski definition) is 1. The van der Waals surface area contributed by atoms with Crippen molar-refractivity contribution in [2.24, 2.45) is 23.2 Å². The average molecular weight is 392 g/mol. The molecule has 0 aromatic heterocycles. The second-order valence-corrected chi connectivity index (χ2v) is 9.71. The third-order valence-electron chi connectivity index (χ3n) is 8.46. The van der Waals surface area contributed by atoms with E-state index in [-0.39, 0.29) is 29.3 Å². The number of aliphatic hydroxyl groups is 1. The van der Waals surface area contributed by atoms with Crippen molar-refractivity contribution in [2.45, 2.75) is 63.9 Å². The Morgan fingerprint density at radius 1 is 1.25 bits per heavy atom. The summed E-state index contributed by atoms with van der Waals surface area (Å²) in [6.45, 7) is 8.18. The molecule has 5 rings (SSSR count). The second-order valence-electron chi connectivity index (χ2n) is 9.71. The lowest BCUT2D eigenvalue weighted by atomic mass is 9.55. The molecular formula is C22H33NO5. The largest absolute Gasteiger partial charge is 0.461 e. The van der Waals surface area contributed by atoms with Crippen molar-refractivity contribution < 1.29 is 24.1 Å². The Labute approximate surface area is 167 Å². The van der Waals surface area contributed by atoms with Gasteiger partial charge in [-0.25, -0.2) is 0 Å². The molecule has 0 amide bonds. The minimum atomic E-state index is -0.526. The molecule has 3 heterocycles. The lowest BCUT2D eigenvalue weighted by molar-refractivity contribution is -0.186. The van der Waals surface area contributed by atoms with Gasteiger partial charge in [0.15, 0.2) is 5.79 Å². The summed E-state index contributed by atoms with van der Waals surface area (Å²) in [6.07, 6.45) is 6.22. The van der Waals surface area contributed by atoms with Crippen LogP contribution in [0.4, 0.5) is 0 Å².